The fourth-order valence-electron chi connectivity index (χ4n) is 6.56. The molecule has 14 nitrogen and oxygen atoms in total. The van der Waals surface area contributed by atoms with Crippen LogP contribution in [0.15, 0.2) is 0 Å². The van der Waals surface area contributed by atoms with Crippen molar-refractivity contribution < 1.29 is 52.8 Å². The van der Waals surface area contributed by atoms with Crippen LogP contribution in [0.1, 0.15) is 175 Å². The summed E-state index contributed by atoms with van der Waals surface area (Å²) in [6.07, 6.45) is 23.1. The Labute approximate surface area is 356 Å². The molecule has 0 heterocycles. The first-order chi connectivity index (χ1) is 28.6. The molecule has 0 aliphatic carbocycles. The molecule has 0 aromatic heterocycles. The van der Waals surface area contributed by atoms with Crippen LogP contribution in [0.25, 0.3) is 0 Å². The first-order valence-electron chi connectivity index (χ1n) is 23.0. The van der Waals surface area contributed by atoms with Crippen molar-refractivity contribution in [1.29, 1.82) is 0 Å². The monoisotopic (exact) mass is 842 g/mol. The average Bonchev–Trinajstić information content (AvgIpc) is 3.20. The Bertz CT molecular complexity index is 1090. The molecule has 3 amide bonds. The standard InChI is InChI=1S/C45H83N3O11/c1-4-6-7-8-9-10-11-12-13-14-15-16-17-18-19-25-42(51)48-41(45(54)55)27-26-40(50)24-22-30-56-32-34-58-37-44(53)47-29-31-57-33-35-59-36-43(52)46-28-21-20-23-39(5-2)38(3)49/h39,41H,4-37H2,1-3H3,(H,46,52)(H,47,53)(H,48,51)(H,54,55)/t39-,41-/m0/s1. The fourth-order valence-corrected chi connectivity index (χ4v) is 6.56. The molecule has 59 heavy (non-hydrogen) atoms. The van der Waals surface area contributed by atoms with Gasteiger partial charge in [-0.05, 0) is 45.4 Å². The Morgan fingerprint density at radius 1 is 0.492 bits per heavy atom. The molecule has 4 N–H and O–H groups in total. The quantitative estimate of drug-likeness (QED) is 0.0460. The van der Waals surface area contributed by atoms with E-state index in [-0.39, 0.29) is 101 Å². The molecule has 0 aliphatic heterocycles. The zero-order chi connectivity index (χ0) is 43.6. The molecule has 0 fully saturated rings. The number of carboxylic acids is 1. The minimum atomic E-state index is -1.13. The van der Waals surface area contributed by atoms with Crippen LogP contribution in [-0.2, 0) is 47.7 Å². The van der Waals surface area contributed by atoms with E-state index in [0.717, 1.165) is 44.9 Å². The van der Waals surface area contributed by atoms with Gasteiger partial charge in [0.25, 0.3) is 0 Å². The van der Waals surface area contributed by atoms with Gasteiger partial charge < -0.3 is 40.0 Å². The highest BCUT2D eigenvalue weighted by molar-refractivity contribution is 5.84. The van der Waals surface area contributed by atoms with Crippen molar-refractivity contribution in [3.8, 4) is 0 Å². The number of nitrogens with one attached hydrogen (secondary N) is 3. The van der Waals surface area contributed by atoms with Crippen LogP contribution in [0.2, 0.25) is 0 Å². The molecule has 0 rings (SSSR count). The summed E-state index contributed by atoms with van der Waals surface area (Å²) in [7, 11) is 0. The molecule has 0 spiro atoms. The van der Waals surface area contributed by atoms with Crippen molar-refractivity contribution in [1.82, 2.24) is 16.0 Å². The summed E-state index contributed by atoms with van der Waals surface area (Å²) in [6.45, 7) is 8.17. The number of unbranched alkanes of at least 4 members (excludes halogenated alkanes) is 15. The summed E-state index contributed by atoms with van der Waals surface area (Å²) < 4.78 is 21.5. The third-order valence-corrected chi connectivity index (χ3v) is 10.2. The lowest BCUT2D eigenvalue weighted by atomic mass is 9.95. The molecule has 0 bridgehead atoms. The molecule has 0 unspecified atom stereocenters. The molecular formula is C45H83N3O11. The number of carboxylic acid groups (broad SMARTS) is 1. The maximum Gasteiger partial charge on any atom is 0.326 e. The van der Waals surface area contributed by atoms with Crippen molar-refractivity contribution in [3.05, 3.63) is 0 Å². The summed E-state index contributed by atoms with van der Waals surface area (Å²) in [5.74, 6) is -1.67. The number of hydrogen-bond donors (Lipinski definition) is 4. The van der Waals surface area contributed by atoms with E-state index < -0.39 is 12.0 Å². The molecule has 0 saturated heterocycles. The molecule has 14 heteroatoms. The summed E-state index contributed by atoms with van der Waals surface area (Å²) in [6, 6.07) is -1.08. The van der Waals surface area contributed by atoms with E-state index in [2.05, 4.69) is 22.9 Å². The molecule has 2 atom stereocenters. The number of hydrogen-bond acceptors (Lipinski definition) is 10. The topological polar surface area (TPSA) is 196 Å². The Hall–Kier alpha value is -2.94. The number of carbonyl (C=O) groups is 6. The van der Waals surface area contributed by atoms with Gasteiger partial charge in [-0.1, -0.05) is 110 Å². The predicted molar refractivity (Wildman–Crippen MR) is 230 cm³/mol. The van der Waals surface area contributed by atoms with Crippen LogP contribution in [0.3, 0.4) is 0 Å². The van der Waals surface area contributed by atoms with E-state index in [0.29, 0.717) is 32.5 Å². The second kappa shape index (κ2) is 41.8. The van der Waals surface area contributed by atoms with Crippen LogP contribution >= 0.6 is 0 Å². The largest absolute Gasteiger partial charge is 0.480 e. The zero-order valence-corrected chi connectivity index (χ0v) is 37.2. The number of Topliss-reactive ketones (excluding diaryl/α,β-unsaturated/α-hetero) is 2. The predicted octanol–water partition coefficient (Wildman–Crippen LogP) is 7.03. The molecule has 344 valence electrons. The van der Waals surface area contributed by atoms with E-state index in [1.807, 2.05) is 6.92 Å². The Balaban J connectivity index is 3.66. The third kappa shape index (κ3) is 39.0. The van der Waals surface area contributed by atoms with Crippen molar-refractivity contribution in [2.75, 3.05) is 65.9 Å². The first kappa shape index (κ1) is 56.1. The summed E-state index contributed by atoms with van der Waals surface area (Å²) in [5, 5.41) is 17.6. The van der Waals surface area contributed by atoms with Gasteiger partial charge in [-0.25, -0.2) is 4.79 Å². The highest BCUT2D eigenvalue weighted by Gasteiger charge is 2.21. The molecule has 0 saturated carbocycles. The van der Waals surface area contributed by atoms with Crippen LogP contribution in [0.4, 0.5) is 0 Å². The minimum Gasteiger partial charge on any atom is -0.480 e. The highest BCUT2D eigenvalue weighted by atomic mass is 16.5. The number of aliphatic carboxylic acids is 1. The Kier molecular flexibility index (Phi) is 39.7. The lowest BCUT2D eigenvalue weighted by molar-refractivity contribution is -0.142. The van der Waals surface area contributed by atoms with Gasteiger partial charge in [-0.15, -0.1) is 0 Å². The second-order valence-electron chi connectivity index (χ2n) is 15.6. The van der Waals surface area contributed by atoms with Crippen LogP contribution in [0.5, 0.6) is 0 Å². The van der Waals surface area contributed by atoms with Gasteiger partial charge in [-0.2, -0.15) is 0 Å². The SMILES string of the molecule is CCCCCCCCCCCCCCCCCC(=O)N[C@@H](CCC(=O)CCCOCCOCC(=O)NCCOCCOCC(=O)NCCCC[C@H](CC)C(C)=O)C(=O)O. The van der Waals surface area contributed by atoms with Crippen molar-refractivity contribution >= 4 is 35.3 Å². The number of amides is 3. The smallest absolute Gasteiger partial charge is 0.326 e. The Morgan fingerprint density at radius 3 is 1.53 bits per heavy atom. The molecule has 0 aromatic rings. The van der Waals surface area contributed by atoms with Gasteiger partial charge in [0.05, 0.1) is 33.0 Å². The number of ketones is 2. The molecular weight excluding hydrogens is 759 g/mol. The number of ether oxygens (including phenoxy) is 4. The lowest BCUT2D eigenvalue weighted by Crippen LogP contribution is -2.41. The van der Waals surface area contributed by atoms with Gasteiger partial charge in [-0.3, -0.25) is 24.0 Å². The van der Waals surface area contributed by atoms with Crippen molar-refractivity contribution in [3.63, 3.8) is 0 Å². The van der Waals surface area contributed by atoms with Crippen molar-refractivity contribution in [2.45, 2.75) is 181 Å². The van der Waals surface area contributed by atoms with Gasteiger partial charge in [0.2, 0.25) is 17.7 Å². The van der Waals surface area contributed by atoms with Gasteiger partial charge in [0.15, 0.2) is 0 Å². The maximum absolute atomic E-state index is 12.3. The summed E-state index contributed by atoms with van der Waals surface area (Å²) in [5.41, 5.74) is 0. The van der Waals surface area contributed by atoms with Crippen molar-refractivity contribution in [2.24, 2.45) is 5.92 Å². The van der Waals surface area contributed by atoms with Gasteiger partial charge in [0.1, 0.15) is 30.8 Å². The number of carbonyl (C=O) groups excluding carboxylic acids is 5. The van der Waals surface area contributed by atoms with E-state index >= 15 is 0 Å². The summed E-state index contributed by atoms with van der Waals surface area (Å²) >= 11 is 0. The molecule has 0 aliphatic rings. The van der Waals surface area contributed by atoms with Gasteiger partial charge >= 0.3 is 5.97 Å². The normalized spacial score (nSPS) is 12.2. The first-order valence-corrected chi connectivity index (χ1v) is 23.0. The van der Waals surface area contributed by atoms with E-state index in [9.17, 15) is 33.9 Å². The second-order valence-corrected chi connectivity index (χ2v) is 15.6. The van der Waals surface area contributed by atoms with E-state index in [1.165, 1.54) is 77.0 Å². The zero-order valence-electron chi connectivity index (χ0n) is 37.2. The highest BCUT2D eigenvalue weighted by Crippen LogP contribution is 2.15. The average molecular weight is 842 g/mol. The van der Waals surface area contributed by atoms with Crippen LogP contribution in [-0.4, -0.2) is 112 Å². The Morgan fingerprint density at radius 2 is 1.00 bits per heavy atom. The molecule has 0 radical (unpaired) electrons. The maximum atomic E-state index is 12.3. The lowest BCUT2D eigenvalue weighted by Gasteiger charge is -2.14. The van der Waals surface area contributed by atoms with E-state index in [4.69, 9.17) is 18.9 Å². The minimum absolute atomic E-state index is 0.0546. The van der Waals surface area contributed by atoms with Crippen LogP contribution in [0, 0.1) is 5.92 Å². The number of rotatable bonds is 45. The van der Waals surface area contributed by atoms with E-state index in [1.54, 1.807) is 6.92 Å². The fraction of sp³-hybridized carbons (Fsp3) is 0.867. The molecule has 0 aromatic carbocycles. The van der Waals surface area contributed by atoms with Gasteiger partial charge in [0, 0.05) is 44.9 Å². The third-order valence-electron chi connectivity index (χ3n) is 10.2. The van der Waals surface area contributed by atoms with Crippen LogP contribution < -0.4 is 16.0 Å². The summed E-state index contributed by atoms with van der Waals surface area (Å²) in [4.78, 5) is 71.5.